The van der Waals surface area contributed by atoms with E-state index in [2.05, 4.69) is 15.0 Å². The molecule has 9 nitrogen and oxygen atoms in total. The highest BCUT2D eigenvalue weighted by Crippen LogP contribution is 2.30. The van der Waals surface area contributed by atoms with Crippen molar-refractivity contribution in [1.29, 1.82) is 0 Å². The number of aromatic nitrogens is 5. The summed E-state index contributed by atoms with van der Waals surface area (Å²) >= 11 is 0. The number of hydrogen-bond donors (Lipinski definition) is 3. The highest BCUT2D eigenvalue weighted by atomic mass is 16.5. The molecule has 3 N–H and O–H groups in total. The van der Waals surface area contributed by atoms with Crippen molar-refractivity contribution < 1.29 is 14.9 Å². The van der Waals surface area contributed by atoms with Crippen LogP contribution in [0.3, 0.4) is 0 Å². The summed E-state index contributed by atoms with van der Waals surface area (Å²) in [5.41, 5.74) is 0.352. The quantitative estimate of drug-likeness (QED) is 0.602. The van der Waals surface area contributed by atoms with E-state index in [1.165, 1.54) is 10.9 Å². The Morgan fingerprint density at radius 3 is 2.83 bits per heavy atom. The fraction of sp³-hybridized carbons (Fsp3) is 0.357. The Morgan fingerprint density at radius 2 is 2.13 bits per heavy atom. The summed E-state index contributed by atoms with van der Waals surface area (Å²) in [5, 5.41) is 19.3. The molecule has 0 unspecified atom stereocenters. The standard InChI is InChI=1S/C14H15N5O4/c20-6-8-5-9(21)13(23-8)19-12-10(17-14(19)22)11(15-7-16-12)18-3-1-2-4-18/h1-4,7-9,13,20-21H,5-6H2,(H,17,22)/t8-,9+,13+/m0/s1. The molecule has 1 fully saturated rings. The second-order valence-electron chi connectivity index (χ2n) is 5.42. The average molecular weight is 317 g/mol. The molecule has 9 heteroatoms. The van der Waals surface area contributed by atoms with Gasteiger partial charge in [0.1, 0.15) is 17.9 Å². The van der Waals surface area contributed by atoms with Gasteiger partial charge in [0, 0.05) is 18.8 Å². The molecule has 1 aliphatic rings. The van der Waals surface area contributed by atoms with Crippen LogP contribution >= 0.6 is 0 Å². The number of H-pyrrole nitrogens is 1. The molecular weight excluding hydrogens is 302 g/mol. The second kappa shape index (κ2) is 5.30. The fourth-order valence-corrected chi connectivity index (χ4v) is 2.91. The first-order valence-corrected chi connectivity index (χ1v) is 7.22. The van der Waals surface area contributed by atoms with Crippen LogP contribution in [0.5, 0.6) is 0 Å². The molecule has 0 spiro atoms. The monoisotopic (exact) mass is 317 g/mol. The summed E-state index contributed by atoms with van der Waals surface area (Å²) in [7, 11) is 0. The molecule has 4 rings (SSSR count). The number of nitrogens with one attached hydrogen (secondary N) is 1. The second-order valence-corrected chi connectivity index (χ2v) is 5.42. The van der Waals surface area contributed by atoms with E-state index in [0.717, 1.165) is 0 Å². The summed E-state index contributed by atoms with van der Waals surface area (Å²) in [6.45, 7) is -0.214. The van der Waals surface area contributed by atoms with Crippen LogP contribution < -0.4 is 5.69 Å². The Balaban J connectivity index is 1.88. The van der Waals surface area contributed by atoms with Crippen LogP contribution in [0.2, 0.25) is 0 Å². The Labute approximate surface area is 129 Å². The van der Waals surface area contributed by atoms with Gasteiger partial charge in [-0.3, -0.25) is 0 Å². The van der Waals surface area contributed by atoms with E-state index in [1.807, 2.05) is 12.1 Å². The number of nitrogens with zero attached hydrogens (tertiary/aromatic N) is 4. The van der Waals surface area contributed by atoms with Crippen LogP contribution in [0, 0.1) is 0 Å². The lowest BCUT2D eigenvalue weighted by Crippen LogP contribution is -2.28. The van der Waals surface area contributed by atoms with E-state index in [4.69, 9.17) is 4.74 Å². The third kappa shape index (κ3) is 2.17. The van der Waals surface area contributed by atoms with Gasteiger partial charge in [-0.25, -0.2) is 19.3 Å². The Hall–Kier alpha value is -2.49. The van der Waals surface area contributed by atoms with Gasteiger partial charge in [0.05, 0.1) is 12.7 Å². The largest absolute Gasteiger partial charge is 0.394 e. The lowest BCUT2D eigenvalue weighted by Gasteiger charge is -2.15. The number of aliphatic hydroxyl groups excluding tert-OH is 2. The predicted octanol–water partition coefficient (Wildman–Crippen LogP) is -0.449. The van der Waals surface area contributed by atoms with Gasteiger partial charge in [0.15, 0.2) is 17.7 Å². The summed E-state index contributed by atoms with van der Waals surface area (Å²) in [5.74, 6) is 0.530. The predicted molar refractivity (Wildman–Crippen MR) is 79.1 cm³/mol. The molecule has 3 aromatic heterocycles. The van der Waals surface area contributed by atoms with Crippen molar-refractivity contribution in [2.24, 2.45) is 0 Å². The van der Waals surface area contributed by atoms with Crippen molar-refractivity contribution in [2.75, 3.05) is 6.61 Å². The minimum atomic E-state index is -0.895. The van der Waals surface area contributed by atoms with E-state index in [9.17, 15) is 15.0 Å². The number of imidazole rings is 1. The first kappa shape index (κ1) is 14.1. The van der Waals surface area contributed by atoms with Gasteiger partial charge in [0.2, 0.25) is 0 Å². The smallest absolute Gasteiger partial charge is 0.330 e. The van der Waals surface area contributed by atoms with E-state index in [1.54, 1.807) is 17.0 Å². The van der Waals surface area contributed by atoms with E-state index < -0.39 is 24.1 Å². The molecule has 0 saturated carbocycles. The number of rotatable bonds is 3. The molecule has 3 atom stereocenters. The fourth-order valence-electron chi connectivity index (χ4n) is 2.91. The van der Waals surface area contributed by atoms with Crippen molar-refractivity contribution in [2.45, 2.75) is 24.9 Å². The SMILES string of the molecule is O=c1[nH]c2c(-n3cccc3)ncnc2n1[C@@H]1O[C@H](CO)C[C@H]1O. The summed E-state index contributed by atoms with van der Waals surface area (Å²) in [6.07, 6.45) is 2.94. The highest BCUT2D eigenvalue weighted by molar-refractivity contribution is 5.78. The lowest BCUT2D eigenvalue weighted by atomic mass is 10.2. The first-order valence-electron chi connectivity index (χ1n) is 7.22. The maximum absolute atomic E-state index is 12.4. The van der Waals surface area contributed by atoms with Crippen molar-refractivity contribution in [3.05, 3.63) is 41.3 Å². The lowest BCUT2D eigenvalue weighted by molar-refractivity contribution is -0.0502. The molecule has 0 aromatic carbocycles. The minimum absolute atomic E-state index is 0.214. The van der Waals surface area contributed by atoms with Gasteiger partial charge in [-0.1, -0.05) is 0 Å². The summed E-state index contributed by atoms with van der Waals surface area (Å²) < 4.78 is 8.59. The maximum atomic E-state index is 12.4. The molecule has 3 aromatic rings. The highest BCUT2D eigenvalue weighted by Gasteiger charge is 2.37. The normalized spacial score (nSPS) is 24.5. The molecule has 23 heavy (non-hydrogen) atoms. The number of ether oxygens (including phenoxy) is 1. The number of aromatic amines is 1. The molecule has 1 saturated heterocycles. The zero-order valence-corrected chi connectivity index (χ0v) is 12.0. The van der Waals surface area contributed by atoms with Gasteiger partial charge in [-0.15, -0.1) is 0 Å². The van der Waals surface area contributed by atoms with Crippen LogP contribution in [0.15, 0.2) is 35.6 Å². The summed E-state index contributed by atoms with van der Waals surface area (Å²) in [4.78, 5) is 23.4. The van der Waals surface area contributed by atoms with Crippen molar-refractivity contribution >= 4 is 11.2 Å². The zero-order chi connectivity index (χ0) is 16.0. The molecule has 0 aliphatic carbocycles. The molecule has 0 amide bonds. The summed E-state index contributed by atoms with van der Waals surface area (Å²) in [6, 6.07) is 3.69. The van der Waals surface area contributed by atoms with Gasteiger partial charge in [0.25, 0.3) is 0 Å². The molecular formula is C14H15N5O4. The average Bonchev–Trinajstić information content (AvgIpc) is 3.25. The van der Waals surface area contributed by atoms with Crippen molar-refractivity contribution in [3.8, 4) is 5.82 Å². The van der Waals surface area contributed by atoms with E-state index >= 15 is 0 Å². The Bertz CT molecular complexity index is 884. The third-order valence-corrected chi connectivity index (χ3v) is 3.96. The molecule has 1 aliphatic heterocycles. The Kier molecular flexibility index (Phi) is 3.26. The number of fused-ring (bicyclic) bond motifs is 1. The van der Waals surface area contributed by atoms with E-state index in [-0.39, 0.29) is 13.0 Å². The first-order chi connectivity index (χ1) is 11.2. The van der Waals surface area contributed by atoms with Gasteiger partial charge < -0.3 is 24.5 Å². The zero-order valence-electron chi connectivity index (χ0n) is 12.0. The molecule has 0 bridgehead atoms. The van der Waals surface area contributed by atoms with Crippen LogP contribution in [0.25, 0.3) is 17.0 Å². The van der Waals surface area contributed by atoms with Crippen LogP contribution in [-0.2, 0) is 4.74 Å². The molecule has 4 heterocycles. The van der Waals surface area contributed by atoms with Gasteiger partial charge in [-0.05, 0) is 12.1 Å². The topological polar surface area (TPSA) is 118 Å². The van der Waals surface area contributed by atoms with Crippen LogP contribution in [-0.4, -0.2) is 53.1 Å². The Morgan fingerprint density at radius 1 is 1.35 bits per heavy atom. The molecule has 0 radical (unpaired) electrons. The van der Waals surface area contributed by atoms with Crippen LogP contribution in [0.1, 0.15) is 12.6 Å². The third-order valence-electron chi connectivity index (χ3n) is 3.96. The van der Waals surface area contributed by atoms with Crippen LogP contribution in [0.4, 0.5) is 0 Å². The van der Waals surface area contributed by atoms with Gasteiger partial charge >= 0.3 is 5.69 Å². The molecule has 120 valence electrons. The van der Waals surface area contributed by atoms with Crippen molar-refractivity contribution in [1.82, 2.24) is 24.1 Å². The van der Waals surface area contributed by atoms with E-state index in [0.29, 0.717) is 17.0 Å². The van der Waals surface area contributed by atoms with Gasteiger partial charge in [-0.2, -0.15) is 0 Å². The van der Waals surface area contributed by atoms with Crippen molar-refractivity contribution in [3.63, 3.8) is 0 Å². The maximum Gasteiger partial charge on any atom is 0.330 e. The number of hydrogen-bond acceptors (Lipinski definition) is 6. The number of aliphatic hydroxyl groups is 2. The minimum Gasteiger partial charge on any atom is -0.394 e.